The van der Waals surface area contributed by atoms with Crippen LogP contribution in [0.2, 0.25) is 0 Å². The van der Waals surface area contributed by atoms with E-state index in [1.165, 1.54) is 4.80 Å². The molecule has 1 aromatic heterocycles. The normalized spacial score (nSPS) is 10.7. The van der Waals surface area contributed by atoms with Crippen LogP contribution in [0.3, 0.4) is 0 Å². The lowest BCUT2D eigenvalue weighted by Crippen LogP contribution is -2.12. The van der Waals surface area contributed by atoms with Gasteiger partial charge in [-0.25, -0.2) is 4.79 Å². The Morgan fingerprint density at radius 1 is 1.18 bits per heavy atom. The van der Waals surface area contributed by atoms with Gasteiger partial charge in [-0.2, -0.15) is 0 Å². The van der Waals surface area contributed by atoms with Gasteiger partial charge in [-0.15, -0.1) is 15.0 Å². The first-order valence-electron chi connectivity index (χ1n) is 8.60. The van der Waals surface area contributed by atoms with E-state index in [1.54, 1.807) is 51.3 Å². The monoisotopic (exact) mass is 383 g/mol. The summed E-state index contributed by atoms with van der Waals surface area (Å²) < 4.78 is 15.8. The van der Waals surface area contributed by atoms with Gasteiger partial charge in [-0.1, -0.05) is 6.58 Å². The minimum Gasteiger partial charge on any atom is -0.505 e. The number of aromatic hydroxyl groups is 1. The van der Waals surface area contributed by atoms with E-state index < -0.39 is 5.97 Å². The van der Waals surface area contributed by atoms with E-state index in [-0.39, 0.29) is 19.0 Å². The van der Waals surface area contributed by atoms with Crippen molar-refractivity contribution in [2.75, 3.05) is 20.3 Å². The van der Waals surface area contributed by atoms with Gasteiger partial charge in [0.25, 0.3) is 0 Å². The topological polar surface area (TPSA) is 95.7 Å². The van der Waals surface area contributed by atoms with Gasteiger partial charge < -0.3 is 19.3 Å². The highest BCUT2D eigenvalue weighted by atomic mass is 16.6. The predicted molar refractivity (Wildman–Crippen MR) is 103 cm³/mol. The van der Waals surface area contributed by atoms with Gasteiger partial charge in [0.05, 0.1) is 7.11 Å². The zero-order valence-electron chi connectivity index (χ0n) is 15.9. The molecule has 8 nitrogen and oxygen atoms in total. The van der Waals surface area contributed by atoms with Crippen LogP contribution in [0.1, 0.15) is 12.5 Å². The Bertz CT molecular complexity index is 1040. The van der Waals surface area contributed by atoms with Crippen LogP contribution < -0.4 is 9.47 Å². The van der Waals surface area contributed by atoms with Crippen molar-refractivity contribution >= 4 is 17.0 Å². The molecule has 0 aliphatic rings. The van der Waals surface area contributed by atoms with Crippen molar-refractivity contribution in [1.29, 1.82) is 0 Å². The molecule has 0 saturated carbocycles. The highest BCUT2D eigenvalue weighted by Crippen LogP contribution is 2.32. The standard InChI is InChI=1S/C20H21N3O5/c1-12(2)20(25)28-10-9-27-14-5-6-15-16(11-14)22-23(21-15)17-7-8-18(26-4)13(3)19(17)24/h5-8,11,24H,1,9-10H2,2-4H3. The molecule has 0 unspecified atom stereocenters. The van der Waals surface area contributed by atoms with Crippen LogP contribution in [-0.2, 0) is 9.53 Å². The second-order valence-corrected chi connectivity index (χ2v) is 6.17. The number of phenolic OH excluding ortho intramolecular Hbond substituents is 1. The third-order valence-electron chi connectivity index (χ3n) is 4.08. The third-order valence-corrected chi connectivity index (χ3v) is 4.08. The van der Waals surface area contributed by atoms with Gasteiger partial charge in [-0.3, -0.25) is 0 Å². The molecular weight excluding hydrogens is 362 g/mol. The fourth-order valence-electron chi connectivity index (χ4n) is 2.56. The van der Waals surface area contributed by atoms with E-state index in [1.807, 2.05) is 0 Å². The predicted octanol–water partition coefficient (Wildman–Crippen LogP) is 2.94. The second-order valence-electron chi connectivity index (χ2n) is 6.17. The smallest absolute Gasteiger partial charge is 0.333 e. The Hall–Kier alpha value is -3.55. The summed E-state index contributed by atoms with van der Waals surface area (Å²) in [6.07, 6.45) is 0. The molecule has 0 fully saturated rings. The molecule has 0 aliphatic heterocycles. The quantitative estimate of drug-likeness (QED) is 0.381. The molecule has 0 saturated heterocycles. The molecule has 0 spiro atoms. The molecule has 2 aromatic carbocycles. The molecule has 146 valence electrons. The van der Waals surface area contributed by atoms with Crippen LogP contribution in [0.25, 0.3) is 16.7 Å². The summed E-state index contributed by atoms with van der Waals surface area (Å²) in [6, 6.07) is 8.68. The van der Waals surface area contributed by atoms with Crippen molar-refractivity contribution in [1.82, 2.24) is 15.0 Å². The molecule has 0 atom stereocenters. The molecule has 28 heavy (non-hydrogen) atoms. The first-order valence-corrected chi connectivity index (χ1v) is 8.60. The van der Waals surface area contributed by atoms with E-state index in [0.29, 0.717) is 39.4 Å². The second kappa shape index (κ2) is 7.99. The van der Waals surface area contributed by atoms with Gasteiger partial charge in [0, 0.05) is 17.2 Å². The molecule has 1 heterocycles. The maximum Gasteiger partial charge on any atom is 0.333 e. The zero-order chi connectivity index (χ0) is 20.3. The SMILES string of the molecule is C=C(C)C(=O)OCCOc1ccc2nn(-c3ccc(OC)c(C)c3O)nc2c1. The number of methoxy groups -OCH3 is 1. The number of aromatic nitrogens is 3. The van der Waals surface area contributed by atoms with Crippen molar-refractivity contribution in [3.05, 3.63) is 48.0 Å². The van der Waals surface area contributed by atoms with Gasteiger partial charge >= 0.3 is 5.97 Å². The average Bonchev–Trinajstić information content (AvgIpc) is 3.10. The number of hydrogen-bond acceptors (Lipinski definition) is 7. The Labute approximate surface area is 161 Å². The van der Waals surface area contributed by atoms with Crippen LogP contribution >= 0.6 is 0 Å². The maximum atomic E-state index is 11.3. The third kappa shape index (κ3) is 3.90. The van der Waals surface area contributed by atoms with Gasteiger partial charge in [0.15, 0.2) is 0 Å². The number of benzene rings is 2. The number of carbonyl (C=O) groups is 1. The Morgan fingerprint density at radius 3 is 2.64 bits per heavy atom. The highest BCUT2D eigenvalue weighted by Gasteiger charge is 2.14. The van der Waals surface area contributed by atoms with E-state index >= 15 is 0 Å². The Morgan fingerprint density at radius 2 is 1.93 bits per heavy atom. The highest BCUT2D eigenvalue weighted by molar-refractivity contribution is 5.86. The van der Waals surface area contributed by atoms with Gasteiger partial charge in [0.1, 0.15) is 47.2 Å². The largest absolute Gasteiger partial charge is 0.505 e. The molecule has 0 amide bonds. The Balaban J connectivity index is 1.75. The fraction of sp³-hybridized carbons (Fsp3) is 0.250. The molecule has 3 rings (SSSR count). The summed E-state index contributed by atoms with van der Waals surface area (Å²) >= 11 is 0. The number of nitrogens with zero attached hydrogens (tertiary/aromatic N) is 3. The number of ether oxygens (including phenoxy) is 3. The molecule has 0 bridgehead atoms. The zero-order valence-corrected chi connectivity index (χ0v) is 15.9. The maximum absolute atomic E-state index is 11.3. The Kier molecular flexibility index (Phi) is 5.49. The van der Waals surface area contributed by atoms with Crippen molar-refractivity contribution in [2.24, 2.45) is 0 Å². The van der Waals surface area contributed by atoms with E-state index in [2.05, 4.69) is 16.8 Å². The van der Waals surface area contributed by atoms with E-state index in [9.17, 15) is 9.90 Å². The van der Waals surface area contributed by atoms with Crippen LogP contribution in [0.4, 0.5) is 0 Å². The minimum atomic E-state index is -0.448. The summed E-state index contributed by atoms with van der Waals surface area (Å²) in [6.45, 7) is 7.19. The van der Waals surface area contributed by atoms with Crippen LogP contribution in [-0.4, -0.2) is 46.4 Å². The number of rotatable bonds is 7. The molecule has 1 N–H and O–H groups in total. The van der Waals surface area contributed by atoms with Crippen molar-refractivity contribution in [3.8, 4) is 22.9 Å². The molecular formula is C20H21N3O5. The lowest BCUT2D eigenvalue weighted by Gasteiger charge is -2.09. The van der Waals surface area contributed by atoms with Crippen molar-refractivity contribution < 1.29 is 24.1 Å². The average molecular weight is 383 g/mol. The summed E-state index contributed by atoms with van der Waals surface area (Å²) in [5, 5.41) is 19.2. The van der Waals surface area contributed by atoms with E-state index in [4.69, 9.17) is 14.2 Å². The van der Waals surface area contributed by atoms with Crippen LogP contribution in [0.15, 0.2) is 42.5 Å². The van der Waals surface area contributed by atoms with Crippen LogP contribution in [0.5, 0.6) is 17.2 Å². The van der Waals surface area contributed by atoms with Gasteiger partial charge in [-0.05, 0) is 38.1 Å². The molecule has 0 aliphatic carbocycles. The van der Waals surface area contributed by atoms with Gasteiger partial charge in [0.2, 0.25) is 0 Å². The molecule has 8 heteroatoms. The summed E-state index contributed by atoms with van der Waals surface area (Å²) in [5.74, 6) is 0.758. The number of hydrogen-bond donors (Lipinski definition) is 1. The van der Waals surface area contributed by atoms with Crippen molar-refractivity contribution in [2.45, 2.75) is 13.8 Å². The first kappa shape index (κ1) is 19.2. The number of esters is 1. The minimum absolute atomic E-state index is 0.0513. The lowest BCUT2D eigenvalue weighted by molar-refractivity contribution is -0.139. The van der Waals surface area contributed by atoms with Crippen molar-refractivity contribution in [3.63, 3.8) is 0 Å². The first-order chi connectivity index (χ1) is 13.4. The summed E-state index contributed by atoms with van der Waals surface area (Å²) in [5.41, 5.74) is 2.65. The number of phenols is 1. The number of carbonyl (C=O) groups excluding carboxylic acids is 1. The number of fused-ring (bicyclic) bond motifs is 1. The molecule has 0 radical (unpaired) electrons. The lowest BCUT2D eigenvalue weighted by atomic mass is 10.2. The summed E-state index contributed by atoms with van der Waals surface area (Å²) in [4.78, 5) is 12.7. The molecule has 3 aromatic rings. The van der Waals surface area contributed by atoms with Crippen LogP contribution in [0, 0.1) is 6.92 Å². The van der Waals surface area contributed by atoms with E-state index in [0.717, 1.165) is 0 Å². The fourth-order valence-corrected chi connectivity index (χ4v) is 2.56. The summed E-state index contributed by atoms with van der Waals surface area (Å²) in [7, 11) is 1.54.